The Kier molecular flexibility index (Phi) is 6.12. The Hall–Kier alpha value is -3.41. The lowest BCUT2D eigenvalue weighted by Gasteiger charge is -2.11. The van der Waals surface area contributed by atoms with Gasteiger partial charge in [-0.3, -0.25) is 0 Å². The second-order valence-electron chi connectivity index (χ2n) is 7.49. The SMILES string of the molecule is CCCc1ccc2cc(-c3ccc(-c4cc(F)c(OC(F)F)c(F)c4)c(F)c3)ccc2c1. The first-order chi connectivity index (χ1) is 15.4. The van der Waals surface area contributed by atoms with Crippen LogP contribution < -0.4 is 4.74 Å². The van der Waals surface area contributed by atoms with Gasteiger partial charge in [-0.15, -0.1) is 0 Å². The third-order valence-corrected chi connectivity index (χ3v) is 5.26. The molecule has 6 heteroatoms. The summed E-state index contributed by atoms with van der Waals surface area (Å²) in [5, 5.41) is 2.11. The maximum atomic E-state index is 14.9. The molecule has 0 saturated carbocycles. The van der Waals surface area contributed by atoms with Gasteiger partial charge in [0.15, 0.2) is 17.4 Å². The van der Waals surface area contributed by atoms with Gasteiger partial charge in [0.25, 0.3) is 0 Å². The van der Waals surface area contributed by atoms with Gasteiger partial charge in [-0.2, -0.15) is 8.78 Å². The number of benzene rings is 4. The molecule has 1 nitrogen and oxygen atoms in total. The Morgan fingerprint density at radius 1 is 0.688 bits per heavy atom. The largest absolute Gasteiger partial charge is 0.429 e. The molecule has 32 heavy (non-hydrogen) atoms. The first-order valence-electron chi connectivity index (χ1n) is 10.1. The first kappa shape index (κ1) is 21.8. The second-order valence-corrected chi connectivity index (χ2v) is 7.49. The van der Waals surface area contributed by atoms with E-state index in [1.807, 2.05) is 24.3 Å². The molecule has 0 aliphatic rings. The number of rotatable bonds is 6. The van der Waals surface area contributed by atoms with E-state index in [9.17, 15) is 22.0 Å². The Morgan fingerprint density at radius 3 is 1.94 bits per heavy atom. The normalized spacial score (nSPS) is 11.3. The Labute approximate surface area is 182 Å². The second kappa shape index (κ2) is 8.99. The molecule has 0 bridgehead atoms. The molecular weight excluding hydrogens is 423 g/mol. The fraction of sp³-hybridized carbons (Fsp3) is 0.154. The molecule has 0 saturated heterocycles. The molecule has 0 N–H and O–H groups in total. The van der Waals surface area contributed by atoms with Crippen molar-refractivity contribution in [2.75, 3.05) is 0 Å². The van der Waals surface area contributed by atoms with Crippen molar-refractivity contribution < 1.29 is 26.7 Å². The molecule has 0 aliphatic heterocycles. The van der Waals surface area contributed by atoms with Gasteiger partial charge in [0.05, 0.1) is 0 Å². The maximum absolute atomic E-state index is 14.9. The van der Waals surface area contributed by atoms with Crippen LogP contribution in [-0.2, 0) is 6.42 Å². The van der Waals surface area contributed by atoms with Crippen molar-refractivity contribution in [1.29, 1.82) is 0 Å². The van der Waals surface area contributed by atoms with E-state index in [0.717, 1.165) is 41.3 Å². The minimum absolute atomic E-state index is 0.0554. The standard InChI is InChI=1S/C26H19F5O/c1-2-3-15-4-5-17-11-18(7-6-16(17)10-15)19-8-9-21(22(27)12-19)20-13-23(28)25(24(29)14-20)32-26(30)31/h4-14,26H,2-3H2,1H3. The number of hydrogen-bond acceptors (Lipinski definition) is 1. The van der Waals surface area contributed by atoms with Crippen molar-refractivity contribution in [1.82, 2.24) is 0 Å². The molecule has 0 unspecified atom stereocenters. The molecule has 4 aromatic rings. The highest BCUT2D eigenvalue weighted by atomic mass is 19.3. The minimum atomic E-state index is -3.37. The summed E-state index contributed by atoms with van der Waals surface area (Å²) in [5.41, 5.74) is 2.48. The lowest BCUT2D eigenvalue weighted by atomic mass is 9.96. The van der Waals surface area contributed by atoms with Crippen LogP contribution in [-0.4, -0.2) is 6.61 Å². The third kappa shape index (κ3) is 4.44. The summed E-state index contributed by atoms with van der Waals surface area (Å²) in [5.74, 6) is -4.55. The third-order valence-electron chi connectivity index (χ3n) is 5.26. The number of ether oxygens (including phenoxy) is 1. The van der Waals surface area contributed by atoms with Gasteiger partial charge < -0.3 is 4.74 Å². The number of hydrogen-bond donors (Lipinski definition) is 0. The van der Waals surface area contributed by atoms with Crippen molar-refractivity contribution in [3.63, 3.8) is 0 Å². The van der Waals surface area contributed by atoms with E-state index in [4.69, 9.17) is 0 Å². The summed E-state index contributed by atoms with van der Waals surface area (Å²) in [6, 6.07) is 17.9. The van der Waals surface area contributed by atoms with Gasteiger partial charge in [-0.25, -0.2) is 13.2 Å². The summed E-state index contributed by atoms with van der Waals surface area (Å²) in [7, 11) is 0. The topological polar surface area (TPSA) is 9.23 Å². The van der Waals surface area contributed by atoms with E-state index >= 15 is 0 Å². The molecule has 0 radical (unpaired) electrons. The van der Waals surface area contributed by atoms with Crippen molar-refractivity contribution in [2.45, 2.75) is 26.4 Å². The van der Waals surface area contributed by atoms with Gasteiger partial charge in [0.2, 0.25) is 0 Å². The van der Waals surface area contributed by atoms with E-state index in [1.165, 1.54) is 17.7 Å². The van der Waals surface area contributed by atoms with Crippen LogP contribution in [0.2, 0.25) is 0 Å². The monoisotopic (exact) mass is 442 g/mol. The summed E-state index contributed by atoms with van der Waals surface area (Å²) < 4.78 is 71.4. The summed E-state index contributed by atoms with van der Waals surface area (Å²) >= 11 is 0. The number of alkyl halides is 2. The van der Waals surface area contributed by atoms with Gasteiger partial charge in [-0.05, 0) is 63.7 Å². The minimum Gasteiger partial charge on any atom is -0.429 e. The van der Waals surface area contributed by atoms with Crippen LogP contribution in [0.25, 0.3) is 33.0 Å². The van der Waals surface area contributed by atoms with Crippen molar-refractivity contribution in [3.05, 3.63) is 89.7 Å². The Balaban J connectivity index is 1.67. The highest BCUT2D eigenvalue weighted by molar-refractivity contribution is 5.88. The van der Waals surface area contributed by atoms with Crippen LogP contribution in [0.3, 0.4) is 0 Å². The molecule has 0 aliphatic carbocycles. The fourth-order valence-corrected chi connectivity index (χ4v) is 3.76. The molecule has 164 valence electrons. The van der Waals surface area contributed by atoms with Crippen LogP contribution in [0, 0.1) is 17.5 Å². The zero-order valence-corrected chi connectivity index (χ0v) is 17.1. The molecule has 0 heterocycles. The van der Waals surface area contributed by atoms with Crippen molar-refractivity contribution in [2.24, 2.45) is 0 Å². The van der Waals surface area contributed by atoms with E-state index in [0.29, 0.717) is 5.56 Å². The van der Waals surface area contributed by atoms with Gasteiger partial charge >= 0.3 is 6.61 Å². The Bertz CT molecular complexity index is 1260. The Morgan fingerprint density at radius 2 is 1.28 bits per heavy atom. The fourth-order valence-electron chi connectivity index (χ4n) is 3.76. The lowest BCUT2D eigenvalue weighted by Crippen LogP contribution is -2.06. The van der Waals surface area contributed by atoms with Crippen LogP contribution in [0.1, 0.15) is 18.9 Å². The van der Waals surface area contributed by atoms with E-state index in [2.05, 4.69) is 23.8 Å². The summed E-state index contributed by atoms with van der Waals surface area (Å²) in [6.45, 7) is -1.25. The van der Waals surface area contributed by atoms with Crippen LogP contribution in [0.5, 0.6) is 5.75 Å². The number of fused-ring (bicyclic) bond motifs is 1. The molecule has 4 rings (SSSR count). The van der Waals surface area contributed by atoms with Crippen LogP contribution in [0.15, 0.2) is 66.7 Å². The predicted molar refractivity (Wildman–Crippen MR) is 115 cm³/mol. The van der Waals surface area contributed by atoms with E-state index in [-0.39, 0.29) is 11.1 Å². The van der Waals surface area contributed by atoms with Crippen molar-refractivity contribution in [3.8, 4) is 28.0 Å². The average molecular weight is 442 g/mol. The number of aryl methyl sites for hydroxylation is 1. The van der Waals surface area contributed by atoms with Gasteiger partial charge in [0.1, 0.15) is 5.82 Å². The smallest absolute Gasteiger partial charge is 0.387 e. The molecule has 0 aromatic heterocycles. The zero-order valence-electron chi connectivity index (χ0n) is 17.1. The van der Waals surface area contributed by atoms with Gasteiger partial charge in [-0.1, -0.05) is 55.8 Å². The highest BCUT2D eigenvalue weighted by Gasteiger charge is 2.19. The maximum Gasteiger partial charge on any atom is 0.387 e. The quantitative estimate of drug-likeness (QED) is 0.274. The van der Waals surface area contributed by atoms with E-state index in [1.54, 1.807) is 6.07 Å². The van der Waals surface area contributed by atoms with Crippen LogP contribution in [0.4, 0.5) is 22.0 Å². The summed E-state index contributed by atoms with van der Waals surface area (Å²) in [4.78, 5) is 0. The number of halogens is 5. The first-order valence-corrected chi connectivity index (χ1v) is 10.1. The predicted octanol–water partition coefficient (Wildman–Crippen LogP) is 8.15. The molecule has 0 spiro atoms. The average Bonchev–Trinajstić information content (AvgIpc) is 2.76. The molecule has 0 amide bonds. The molecular formula is C26H19F5O. The van der Waals surface area contributed by atoms with Crippen LogP contribution >= 0.6 is 0 Å². The molecule has 4 aromatic carbocycles. The molecule has 0 fully saturated rings. The van der Waals surface area contributed by atoms with Crippen molar-refractivity contribution >= 4 is 10.8 Å². The lowest BCUT2D eigenvalue weighted by molar-refractivity contribution is -0.0546. The van der Waals surface area contributed by atoms with E-state index < -0.39 is 29.8 Å². The highest BCUT2D eigenvalue weighted by Crippen LogP contribution is 2.33. The zero-order chi connectivity index (χ0) is 22.8. The van der Waals surface area contributed by atoms with Gasteiger partial charge in [0, 0.05) is 5.56 Å². The summed E-state index contributed by atoms with van der Waals surface area (Å²) in [6.07, 6.45) is 2.06. The molecule has 0 atom stereocenters.